The Labute approximate surface area is 188 Å². The fourth-order valence-electron chi connectivity index (χ4n) is 4.95. The third-order valence-corrected chi connectivity index (χ3v) is 6.74. The van der Waals surface area contributed by atoms with Crippen LogP contribution >= 0.6 is 0 Å². The number of alkyl halides is 3. The minimum atomic E-state index is -4.67. The summed E-state index contributed by atoms with van der Waals surface area (Å²) in [6.45, 7) is 1.35. The number of nitrogens with zero attached hydrogens (tertiary/aromatic N) is 4. The lowest BCUT2D eigenvalue weighted by molar-refractivity contribution is -0.137. The molecule has 0 aliphatic carbocycles. The zero-order chi connectivity index (χ0) is 23.8. The molecular weight excluding hydrogens is 435 g/mol. The van der Waals surface area contributed by atoms with Crippen molar-refractivity contribution in [3.05, 3.63) is 59.4 Å². The summed E-state index contributed by atoms with van der Waals surface area (Å²) in [5, 5.41) is 9.04. The Morgan fingerprint density at radius 1 is 1.21 bits per heavy atom. The molecule has 1 spiro atoms. The number of carbonyl (C=O) groups excluding carboxylic acids is 2. The summed E-state index contributed by atoms with van der Waals surface area (Å²) < 4.78 is 40.3. The Bertz CT molecular complexity index is 1110. The first-order valence-corrected chi connectivity index (χ1v) is 10.5. The Balaban J connectivity index is 1.56. The second-order valence-electron chi connectivity index (χ2n) is 8.57. The molecule has 1 atom stereocenters. The zero-order valence-electron chi connectivity index (χ0n) is 17.7. The molecule has 1 aromatic carbocycles. The molecule has 2 amide bonds. The molecule has 2 aliphatic heterocycles. The van der Waals surface area contributed by atoms with Crippen molar-refractivity contribution in [1.82, 2.24) is 9.88 Å². The van der Waals surface area contributed by atoms with Crippen LogP contribution in [0.3, 0.4) is 0 Å². The van der Waals surface area contributed by atoms with Gasteiger partial charge >= 0.3 is 6.18 Å². The van der Waals surface area contributed by atoms with Gasteiger partial charge in [-0.15, -0.1) is 0 Å². The number of rotatable bonds is 3. The van der Waals surface area contributed by atoms with Crippen molar-refractivity contribution in [3.8, 4) is 6.07 Å². The zero-order valence-corrected chi connectivity index (χ0v) is 17.7. The molecule has 1 unspecified atom stereocenters. The number of hydrogen-bond acceptors (Lipinski definition) is 5. The summed E-state index contributed by atoms with van der Waals surface area (Å²) in [6, 6.07) is 8.52. The second kappa shape index (κ2) is 8.39. The van der Waals surface area contributed by atoms with Crippen LogP contribution in [0.25, 0.3) is 0 Å². The molecule has 7 nitrogen and oxygen atoms in total. The topological polar surface area (TPSA) is 103 Å². The number of piperidine rings is 1. The van der Waals surface area contributed by atoms with Crippen molar-refractivity contribution in [3.63, 3.8) is 0 Å². The number of hydrogen-bond donors (Lipinski definition) is 1. The normalized spacial score (nSPS) is 20.0. The molecule has 10 heteroatoms. The van der Waals surface area contributed by atoms with Crippen LogP contribution in [0.1, 0.15) is 34.3 Å². The van der Waals surface area contributed by atoms with Crippen LogP contribution in [0.5, 0.6) is 0 Å². The molecule has 2 fully saturated rings. The quantitative estimate of drug-likeness (QED) is 0.764. The number of amides is 2. The van der Waals surface area contributed by atoms with Crippen LogP contribution < -0.4 is 10.6 Å². The number of halogens is 3. The summed E-state index contributed by atoms with van der Waals surface area (Å²) in [7, 11) is 0. The largest absolute Gasteiger partial charge is 0.417 e. The number of anilines is 1. The average molecular weight is 457 g/mol. The monoisotopic (exact) mass is 457 g/mol. The molecule has 33 heavy (non-hydrogen) atoms. The predicted molar refractivity (Wildman–Crippen MR) is 113 cm³/mol. The molecule has 2 saturated heterocycles. The van der Waals surface area contributed by atoms with Gasteiger partial charge in [0.05, 0.1) is 28.7 Å². The van der Waals surface area contributed by atoms with E-state index in [1.807, 2.05) is 0 Å². The molecule has 0 saturated carbocycles. The van der Waals surface area contributed by atoms with E-state index >= 15 is 0 Å². The first-order valence-electron chi connectivity index (χ1n) is 10.5. The van der Waals surface area contributed by atoms with Gasteiger partial charge in [-0.2, -0.15) is 18.4 Å². The van der Waals surface area contributed by atoms with Gasteiger partial charge in [0.25, 0.3) is 5.91 Å². The number of nitriles is 1. The van der Waals surface area contributed by atoms with E-state index in [2.05, 4.69) is 4.98 Å². The third-order valence-electron chi connectivity index (χ3n) is 6.74. The standard InChI is InChI=1S/C23H22F3N5O2/c24-23(25,26)18-10-17(4-3-15(18)11-27)31-13-19(20(28)32)22(14-31)5-8-30(9-6-22)21(33)16-2-1-7-29-12-16/h1-4,7,10,12,19H,5-6,8-9,13-14H2,(H2,28,32). The first kappa shape index (κ1) is 22.6. The maximum atomic E-state index is 13.4. The Hall–Kier alpha value is -3.61. The van der Waals surface area contributed by atoms with E-state index in [0.29, 0.717) is 43.7 Å². The first-order chi connectivity index (χ1) is 15.6. The molecule has 3 heterocycles. The number of carbonyl (C=O) groups is 2. The number of aromatic nitrogens is 1. The van der Waals surface area contributed by atoms with Crippen LogP contribution in [0, 0.1) is 22.7 Å². The van der Waals surface area contributed by atoms with Crippen molar-refractivity contribution < 1.29 is 22.8 Å². The molecule has 2 aliphatic rings. The fourth-order valence-corrected chi connectivity index (χ4v) is 4.95. The summed E-state index contributed by atoms with van der Waals surface area (Å²) in [5.74, 6) is -1.21. The number of pyridine rings is 1. The molecular formula is C23H22F3N5O2. The lowest BCUT2D eigenvalue weighted by atomic mass is 9.70. The number of likely N-dealkylation sites (tertiary alicyclic amines) is 1. The summed E-state index contributed by atoms with van der Waals surface area (Å²) in [5.41, 5.74) is 4.47. The van der Waals surface area contributed by atoms with E-state index in [-0.39, 0.29) is 12.5 Å². The van der Waals surface area contributed by atoms with E-state index in [4.69, 9.17) is 11.0 Å². The van der Waals surface area contributed by atoms with E-state index in [9.17, 15) is 22.8 Å². The van der Waals surface area contributed by atoms with E-state index < -0.39 is 34.5 Å². The van der Waals surface area contributed by atoms with Crippen LogP contribution in [-0.4, -0.2) is 47.9 Å². The van der Waals surface area contributed by atoms with Gasteiger partial charge in [-0.05, 0) is 43.2 Å². The molecule has 0 radical (unpaired) electrons. The average Bonchev–Trinajstić information content (AvgIpc) is 3.18. The highest BCUT2D eigenvalue weighted by Crippen LogP contribution is 2.47. The van der Waals surface area contributed by atoms with Gasteiger partial charge in [0, 0.05) is 49.7 Å². The number of benzene rings is 1. The van der Waals surface area contributed by atoms with Crippen molar-refractivity contribution >= 4 is 17.5 Å². The maximum Gasteiger partial charge on any atom is 0.417 e. The van der Waals surface area contributed by atoms with Crippen molar-refractivity contribution in [2.75, 3.05) is 31.1 Å². The van der Waals surface area contributed by atoms with Crippen LogP contribution in [0.2, 0.25) is 0 Å². The smallest absolute Gasteiger partial charge is 0.370 e. The van der Waals surface area contributed by atoms with Gasteiger partial charge in [-0.25, -0.2) is 0 Å². The van der Waals surface area contributed by atoms with Crippen LogP contribution in [0.15, 0.2) is 42.7 Å². The Morgan fingerprint density at radius 3 is 2.52 bits per heavy atom. The highest BCUT2D eigenvalue weighted by atomic mass is 19.4. The van der Waals surface area contributed by atoms with Gasteiger partial charge in [0.1, 0.15) is 0 Å². The third kappa shape index (κ3) is 4.23. The van der Waals surface area contributed by atoms with Gasteiger partial charge < -0.3 is 15.5 Å². The minimum absolute atomic E-state index is 0.148. The predicted octanol–water partition coefficient (Wildman–Crippen LogP) is 2.82. The van der Waals surface area contributed by atoms with E-state index in [0.717, 1.165) is 12.1 Å². The van der Waals surface area contributed by atoms with Crippen LogP contribution in [-0.2, 0) is 11.0 Å². The molecule has 1 aromatic heterocycles. The number of primary amides is 1. The van der Waals surface area contributed by atoms with Gasteiger partial charge in [0.2, 0.25) is 5.91 Å². The van der Waals surface area contributed by atoms with Gasteiger partial charge in [-0.1, -0.05) is 0 Å². The molecule has 2 aromatic rings. The minimum Gasteiger partial charge on any atom is -0.370 e. The van der Waals surface area contributed by atoms with Crippen molar-refractivity contribution in [1.29, 1.82) is 5.26 Å². The van der Waals surface area contributed by atoms with E-state index in [1.165, 1.54) is 12.3 Å². The van der Waals surface area contributed by atoms with Crippen LogP contribution in [0.4, 0.5) is 18.9 Å². The molecule has 4 rings (SSSR count). The Kier molecular flexibility index (Phi) is 5.74. The summed E-state index contributed by atoms with van der Waals surface area (Å²) in [4.78, 5) is 32.4. The van der Waals surface area contributed by atoms with E-state index in [1.54, 1.807) is 34.2 Å². The fraction of sp³-hybridized carbons (Fsp3) is 0.391. The SMILES string of the molecule is N#Cc1ccc(N2CC(C(N)=O)C3(CCN(C(=O)c4cccnc4)CC3)C2)cc1C(F)(F)F. The Morgan fingerprint density at radius 2 is 1.94 bits per heavy atom. The lowest BCUT2D eigenvalue weighted by Gasteiger charge is -2.41. The van der Waals surface area contributed by atoms with Crippen molar-refractivity contribution in [2.45, 2.75) is 19.0 Å². The number of nitrogens with two attached hydrogens (primary N) is 1. The molecule has 2 N–H and O–H groups in total. The van der Waals surface area contributed by atoms with Gasteiger partial charge in [0.15, 0.2) is 0 Å². The maximum absolute atomic E-state index is 13.4. The second-order valence-corrected chi connectivity index (χ2v) is 8.57. The lowest BCUT2D eigenvalue weighted by Crippen LogP contribution is -2.49. The van der Waals surface area contributed by atoms with Gasteiger partial charge in [-0.3, -0.25) is 14.6 Å². The molecule has 172 valence electrons. The van der Waals surface area contributed by atoms with Crippen molar-refractivity contribution in [2.24, 2.45) is 17.1 Å². The highest BCUT2D eigenvalue weighted by Gasteiger charge is 2.51. The molecule has 0 bridgehead atoms. The summed E-state index contributed by atoms with van der Waals surface area (Å²) in [6.07, 6.45) is -0.574. The highest BCUT2D eigenvalue weighted by molar-refractivity contribution is 5.94. The summed E-state index contributed by atoms with van der Waals surface area (Å²) >= 11 is 0.